The fourth-order valence-electron chi connectivity index (χ4n) is 4.26. The van der Waals surface area contributed by atoms with Crippen molar-refractivity contribution in [3.63, 3.8) is 0 Å². The predicted octanol–water partition coefficient (Wildman–Crippen LogP) is 2.89. The third kappa shape index (κ3) is 7.74. The Balaban J connectivity index is 1.56. The third-order valence-electron chi connectivity index (χ3n) is 6.27. The quantitative estimate of drug-likeness (QED) is 0.236. The van der Waals surface area contributed by atoms with Crippen LogP contribution in [0, 0.1) is 11.2 Å². The van der Waals surface area contributed by atoms with Gasteiger partial charge in [0.1, 0.15) is 11.6 Å². The molecule has 0 amide bonds. The van der Waals surface area contributed by atoms with Gasteiger partial charge in [-0.2, -0.15) is 0 Å². The average molecular weight is 500 g/mol. The smallest absolute Gasteiger partial charge is 0.165 e. The molecule has 196 valence electrons. The molecule has 4 N–H and O–H groups in total. The van der Waals surface area contributed by atoms with E-state index >= 15 is 0 Å². The number of nitrogens with zero attached hydrogens (tertiary/aromatic N) is 3. The van der Waals surface area contributed by atoms with E-state index in [9.17, 15) is 9.50 Å². The number of aliphatic hydroxyl groups excluding tert-OH is 1. The second-order valence-corrected chi connectivity index (χ2v) is 9.34. The average Bonchev–Trinajstić information content (AvgIpc) is 2.87. The largest absolute Gasteiger partial charge is 0.497 e. The molecule has 0 aliphatic carbocycles. The number of hydrogen-bond donors (Lipinski definition) is 3. The van der Waals surface area contributed by atoms with Crippen LogP contribution in [0.1, 0.15) is 36.0 Å². The molecule has 9 heteroatoms. The fourth-order valence-corrected chi connectivity index (χ4v) is 4.26. The Morgan fingerprint density at radius 1 is 1.19 bits per heavy atom. The summed E-state index contributed by atoms with van der Waals surface area (Å²) in [4.78, 5) is 9.09. The summed E-state index contributed by atoms with van der Waals surface area (Å²) in [6.45, 7) is 3.32. The molecule has 0 unspecified atom stereocenters. The molecule has 2 aromatic rings. The summed E-state index contributed by atoms with van der Waals surface area (Å²) in [5.41, 5.74) is 8.47. The van der Waals surface area contributed by atoms with Crippen LogP contribution in [0.3, 0.4) is 0 Å². The summed E-state index contributed by atoms with van der Waals surface area (Å²) in [7, 11) is 5.57. The van der Waals surface area contributed by atoms with Crippen LogP contribution < -0.4 is 15.2 Å². The van der Waals surface area contributed by atoms with E-state index in [1.807, 2.05) is 20.2 Å². The van der Waals surface area contributed by atoms with Gasteiger partial charge in [-0.3, -0.25) is 9.89 Å². The van der Waals surface area contributed by atoms with Crippen LogP contribution >= 0.6 is 0 Å². The highest BCUT2D eigenvalue weighted by Gasteiger charge is 2.21. The molecule has 0 aromatic heterocycles. The Kier molecular flexibility index (Phi) is 10.2. The van der Waals surface area contributed by atoms with E-state index in [-0.39, 0.29) is 24.2 Å². The van der Waals surface area contributed by atoms with Crippen LogP contribution in [0.2, 0.25) is 0 Å². The van der Waals surface area contributed by atoms with Gasteiger partial charge in [-0.25, -0.2) is 4.39 Å². The van der Waals surface area contributed by atoms with Gasteiger partial charge in [-0.1, -0.05) is 6.07 Å². The summed E-state index contributed by atoms with van der Waals surface area (Å²) in [5, 5.41) is 17.5. The number of nitrogens with two attached hydrogens (primary N) is 1. The minimum Gasteiger partial charge on any atom is -0.497 e. The number of likely N-dealkylation sites (tertiary alicyclic amines) is 1. The number of hydrogen-bond acceptors (Lipinski definition) is 7. The first-order chi connectivity index (χ1) is 17.3. The van der Waals surface area contributed by atoms with Gasteiger partial charge < -0.3 is 30.6 Å². The van der Waals surface area contributed by atoms with Crippen molar-refractivity contribution in [2.24, 2.45) is 10.7 Å². The molecule has 0 saturated carbocycles. The summed E-state index contributed by atoms with van der Waals surface area (Å²) in [5.74, 6) is 0.924. The summed E-state index contributed by atoms with van der Waals surface area (Å²) in [6, 6.07) is 10.5. The van der Waals surface area contributed by atoms with Gasteiger partial charge in [-0.15, -0.1) is 0 Å². The van der Waals surface area contributed by atoms with E-state index in [4.69, 9.17) is 25.6 Å². The number of aliphatic hydroxyl groups is 1. The standard InChI is InChI=1S/C27H38FN5O3/c1-32(2)11-4-14-36-26-8-5-19(15-24(26)28)17-33-12-9-20(10-13-33)31-27(30)23-16-21(35-3)6-7-22(23)25(29)18-34/h5-8,15-16,20,29,34H,4,9-14,17-18H2,1-3H3,(H2,30,31). The highest BCUT2D eigenvalue weighted by molar-refractivity contribution is 6.11. The molecule has 36 heavy (non-hydrogen) atoms. The lowest BCUT2D eigenvalue weighted by Gasteiger charge is -2.30. The van der Waals surface area contributed by atoms with Gasteiger partial charge in [-0.05, 0) is 69.3 Å². The molecule has 1 aliphatic heterocycles. The van der Waals surface area contributed by atoms with Crippen LogP contribution in [-0.2, 0) is 6.54 Å². The van der Waals surface area contributed by atoms with Gasteiger partial charge >= 0.3 is 0 Å². The van der Waals surface area contributed by atoms with Crippen LogP contribution in [-0.4, -0.2) is 86.5 Å². The van der Waals surface area contributed by atoms with Gasteiger partial charge in [0.15, 0.2) is 11.6 Å². The molecule has 1 heterocycles. The summed E-state index contributed by atoms with van der Waals surface area (Å²) < 4.78 is 25.4. The Labute approximate surface area is 213 Å². The lowest BCUT2D eigenvalue weighted by Crippen LogP contribution is -2.35. The van der Waals surface area contributed by atoms with Gasteiger partial charge in [0.2, 0.25) is 0 Å². The van der Waals surface area contributed by atoms with E-state index in [0.29, 0.717) is 41.6 Å². The van der Waals surface area contributed by atoms with E-state index in [1.54, 1.807) is 37.4 Å². The van der Waals surface area contributed by atoms with Crippen molar-refractivity contribution in [3.8, 4) is 11.5 Å². The highest BCUT2D eigenvalue weighted by Crippen LogP contribution is 2.23. The number of methoxy groups -OCH3 is 1. The number of halogens is 1. The van der Waals surface area contributed by atoms with Crippen molar-refractivity contribution >= 4 is 11.5 Å². The normalized spacial score (nSPS) is 15.3. The molecule has 8 nitrogen and oxygen atoms in total. The molecule has 0 bridgehead atoms. The maximum absolute atomic E-state index is 14.5. The van der Waals surface area contributed by atoms with Crippen molar-refractivity contribution in [1.82, 2.24) is 9.80 Å². The molecule has 3 rings (SSSR count). The number of ether oxygens (including phenoxy) is 2. The van der Waals surface area contributed by atoms with Crippen LogP contribution in [0.4, 0.5) is 4.39 Å². The number of piperidine rings is 1. The second-order valence-electron chi connectivity index (χ2n) is 9.34. The summed E-state index contributed by atoms with van der Waals surface area (Å²) >= 11 is 0. The minimum absolute atomic E-state index is 0.0540. The Bertz CT molecular complexity index is 1050. The van der Waals surface area contributed by atoms with Crippen LogP contribution in [0.15, 0.2) is 41.4 Å². The van der Waals surface area contributed by atoms with E-state index < -0.39 is 0 Å². The zero-order chi connectivity index (χ0) is 26.1. The predicted molar refractivity (Wildman–Crippen MR) is 141 cm³/mol. The maximum atomic E-state index is 14.5. The molecule has 1 aliphatic rings. The molecular formula is C27H38FN5O3. The van der Waals surface area contributed by atoms with Crippen molar-refractivity contribution in [1.29, 1.82) is 5.41 Å². The summed E-state index contributed by atoms with van der Waals surface area (Å²) in [6.07, 6.45) is 2.50. The van der Waals surface area contributed by atoms with Crippen LogP contribution in [0.5, 0.6) is 11.5 Å². The molecule has 1 saturated heterocycles. The maximum Gasteiger partial charge on any atom is 0.165 e. The van der Waals surface area contributed by atoms with Gasteiger partial charge in [0.05, 0.1) is 32.1 Å². The lowest BCUT2D eigenvalue weighted by molar-refractivity contribution is 0.206. The Morgan fingerprint density at radius 2 is 1.94 bits per heavy atom. The first-order valence-corrected chi connectivity index (χ1v) is 12.3. The Hall–Kier alpha value is -3.01. The van der Waals surface area contributed by atoms with Crippen molar-refractivity contribution in [3.05, 3.63) is 58.9 Å². The molecule has 1 fully saturated rings. The first kappa shape index (κ1) is 27.6. The number of nitrogens with one attached hydrogen (secondary N) is 1. The second kappa shape index (κ2) is 13.3. The molecule has 0 spiro atoms. The van der Waals surface area contributed by atoms with Crippen molar-refractivity contribution in [2.75, 3.05) is 54.1 Å². The number of amidine groups is 1. The zero-order valence-corrected chi connectivity index (χ0v) is 21.5. The van der Waals surface area contributed by atoms with Gasteiger partial charge in [0.25, 0.3) is 0 Å². The molecule has 2 aromatic carbocycles. The van der Waals surface area contributed by atoms with E-state index in [1.165, 1.54) is 0 Å². The molecule has 0 radical (unpaired) electrons. The van der Waals surface area contributed by atoms with E-state index in [2.05, 4.69) is 9.80 Å². The molecule has 0 atom stereocenters. The SMILES string of the molecule is COc1ccc(C(=N)CO)c(C(N)=NC2CCN(Cc3ccc(OCCCN(C)C)c(F)c3)CC2)c1. The fraction of sp³-hybridized carbons (Fsp3) is 0.481. The number of aliphatic imine (C=N–C) groups is 1. The first-order valence-electron chi connectivity index (χ1n) is 12.3. The highest BCUT2D eigenvalue weighted by atomic mass is 19.1. The monoisotopic (exact) mass is 499 g/mol. The van der Waals surface area contributed by atoms with E-state index in [0.717, 1.165) is 44.5 Å². The van der Waals surface area contributed by atoms with Crippen LogP contribution in [0.25, 0.3) is 0 Å². The number of rotatable bonds is 12. The zero-order valence-electron chi connectivity index (χ0n) is 21.5. The lowest BCUT2D eigenvalue weighted by atomic mass is 10.0. The number of benzene rings is 2. The molecular weight excluding hydrogens is 461 g/mol. The van der Waals surface area contributed by atoms with Crippen molar-refractivity contribution < 1.29 is 19.0 Å². The minimum atomic E-state index is -0.380. The Morgan fingerprint density at radius 3 is 2.58 bits per heavy atom. The van der Waals surface area contributed by atoms with Gasteiger partial charge in [0, 0.05) is 37.3 Å². The third-order valence-corrected chi connectivity index (χ3v) is 6.27. The van der Waals surface area contributed by atoms with Crippen molar-refractivity contribution in [2.45, 2.75) is 31.8 Å². The topological polar surface area (TPSA) is 107 Å².